The van der Waals surface area contributed by atoms with Crippen molar-refractivity contribution < 1.29 is 58.3 Å². The largest absolute Gasteiger partial charge is 1.00 e. The number of anilines is 1. The molecule has 11 heteroatoms. The average Bonchev–Trinajstić information content (AvgIpc) is 2.83. The average molecular weight is 407 g/mol. The number of nitrogens with one attached hydrogen (secondary N) is 1. The van der Waals surface area contributed by atoms with Gasteiger partial charge in [-0.05, 0) is 31.2 Å². The van der Waals surface area contributed by atoms with Gasteiger partial charge in [-0.1, -0.05) is 18.2 Å². The second-order valence-electron chi connectivity index (χ2n) is 5.69. The summed E-state index contributed by atoms with van der Waals surface area (Å²) in [5.74, 6) is 0. The van der Waals surface area contributed by atoms with Gasteiger partial charge in [0.05, 0.1) is 0 Å². The maximum Gasteiger partial charge on any atom is 1.00 e. The fraction of sp³-hybridized carbons (Fsp3) is 0.200. The summed E-state index contributed by atoms with van der Waals surface area (Å²) in [7, 11) is -10.1. The molecule has 5 N–H and O–H groups in total. The van der Waals surface area contributed by atoms with Crippen LogP contribution in [-0.4, -0.2) is 29.7 Å². The Labute approximate surface area is 171 Å². The van der Waals surface area contributed by atoms with E-state index in [1.54, 1.807) is 18.2 Å². The zero-order chi connectivity index (χ0) is 18.4. The number of aryl methyl sites for hydroxylation is 1. The zero-order valence-electron chi connectivity index (χ0n) is 14.3. The summed E-state index contributed by atoms with van der Waals surface area (Å²) >= 11 is 0. The monoisotopic (exact) mass is 407 g/mol. The van der Waals surface area contributed by atoms with Crippen LogP contribution >= 0.6 is 15.2 Å². The molecule has 0 saturated carbocycles. The summed E-state index contributed by atoms with van der Waals surface area (Å²) < 4.78 is 25.0. The molecule has 0 aliphatic heterocycles. The number of nitrogens with zero attached hydrogens (tertiary/aromatic N) is 1. The number of benzene rings is 2. The van der Waals surface area contributed by atoms with Crippen LogP contribution in [0.1, 0.15) is 6.92 Å². The van der Waals surface area contributed by atoms with Gasteiger partial charge in [-0.3, -0.25) is 9.13 Å². The molecule has 0 aliphatic carbocycles. The summed E-state index contributed by atoms with van der Waals surface area (Å²) in [4.78, 5) is 37.0. The molecule has 1 aromatic heterocycles. The molecule has 26 heavy (non-hydrogen) atoms. The fourth-order valence-corrected chi connectivity index (χ4v) is 5.20. The van der Waals surface area contributed by atoms with Gasteiger partial charge in [-0.25, -0.2) is 0 Å². The predicted octanol–water partition coefficient (Wildman–Crippen LogP) is -0.131. The standard InChI is InChI=1S/C15H18N2O6P2.Na/c1-2-17-13-6-4-3-5-11(13)12-9-10(7-8-14(12)17)16-15(24(18,19)20)25(21,22)23;/h3-9,15-16H,2H2,1H3,(H2,18,19,20)(H2,21,22,23);/q;+1. The smallest absolute Gasteiger partial charge is 0.362 e. The van der Waals surface area contributed by atoms with E-state index in [2.05, 4.69) is 9.88 Å². The van der Waals surface area contributed by atoms with Gasteiger partial charge in [0.25, 0.3) is 0 Å². The van der Waals surface area contributed by atoms with E-state index >= 15 is 0 Å². The van der Waals surface area contributed by atoms with Crippen LogP contribution in [0.15, 0.2) is 42.5 Å². The Morgan fingerprint density at radius 1 is 0.962 bits per heavy atom. The first-order valence-electron chi connectivity index (χ1n) is 7.51. The fourth-order valence-electron chi connectivity index (χ4n) is 3.00. The Kier molecular flexibility index (Phi) is 6.46. The van der Waals surface area contributed by atoms with E-state index in [0.29, 0.717) is 0 Å². The molecule has 0 spiro atoms. The number of hydrogen-bond donors (Lipinski definition) is 5. The first kappa shape index (κ1) is 21.6. The van der Waals surface area contributed by atoms with Crippen LogP contribution in [-0.2, 0) is 15.7 Å². The molecule has 134 valence electrons. The van der Waals surface area contributed by atoms with Crippen molar-refractivity contribution in [3.63, 3.8) is 0 Å². The number of fused-ring (bicyclic) bond motifs is 3. The first-order chi connectivity index (χ1) is 11.6. The third kappa shape index (κ3) is 4.09. The van der Waals surface area contributed by atoms with Crippen molar-refractivity contribution in [2.45, 2.75) is 19.0 Å². The van der Waals surface area contributed by atoms with Gasteiger partial charge in [-0.2, -0.15) is 0 Å². The molecule has 0 radical (unpaired) electrons. The van der Waals surface area contributed by atoms with Crippen LogP contribution in [0, 0.1) is 0 Å². The van der Waals surface area contributed by atoms with Crippen molar-refractivity contribution in [3.05, 3.63) is 42.5 Å². The minimum absolute atomic E-state index is 0. The minimum atomic E-state index is -5.05. The van der Waals surface area contributed by atoms with E-state index in [1.807, 2.05) is 31.2 Å². The molecular formula is C15H18N2NaO6P2+. The van der Waals surface area contributed by atoms with Crippen molar-refractivity contribution in [3.8, 4) is 0 Å². The van der Waals surface area contributed by atoms with Crippen molar-refractivity contribution >= 4 is 42.7 Å². The van der Waals surface area contributed by atoms with E-state index in [0.717, 1.165) is 28.4 Å². The van der Waals surface area contributed by atoms with E-state index < -0.39 is 20.7 Å². The molecule has 0 unspecified atom stereocenters. The van der Waals surface area contributed by atoms with Crippen molar-refractivity contribution in [1.29, 1.82) is 0 Å². The predicted molar refractivity (Wildman–Crippen MR) is 96.6 cm³/mol. The van der Waals surface area contributed by atoms with Crippen molar-refractivity contribution in [1.82, 2.24) is 4.57 Å². The molecule has 0 atom stereocenters. The molecule has 1 heterocycles. The Balaban J connectivity index is 0.00000243. The maximum atomic E-state index is 11.4. The number of rotatable bonds is 5. The van der Waals surface area contributed by atoms with Crippen LogP contribution in [0.3, 0.4) is 0 Å². The van der Waals surface area contributed by atoms with Crippen molar-refractivity contribution in [2.75, 3.05) is 5.32 Å². The Bertz CT molecular complexity index is 1020. The molecule has 0 bridgehead atoms. The van der Waals surface area contributed by atoms with Gasteiger partial charge in [-0.15, -0.1) is 0 Å². The Morgan fingerprint density at radius 3 is 2.12 bits per heavy atom. The molecule has 0 amide bonds. The third-order valence-corrected chi connectivity index (χ3v) is 7.36. The molecule has 0 aliphatic rings. The molecular weight excluding hydrogens is 389 g/mol. The number of aromatic nitrogens is 1. The molecule has 8 nitrogen and oxygen atoms in total. The first-order valence-corrected chi connectivity index (χ1v) is 10.9. The van der Waals surface area contributed by atoms with Gasteiger partial charge < -0.3 is 29.5 Å². The van der Waals surface area contributed by atoms with Gasteiger partial charge in [0.15, 0.2) is 0 Å². The number of para-hydroxylation sites is 1. The Hall–Kier alpha value is -0.660. The minimum Gasteiger partial charge on any atom is -0.362 e. The summed E-state index contributed by atoms with van der Waals surface area (Å²) in [6.07, 6.45) is 0. The van der Waals surface area contributed by atoms with E-state index in [1.165, 1.54) is 0 Å². The van der Waals surface area contributed by atoms with Crippen LogP contribution in [0.2, 0.25) is 0 Å². The second kappa shape index (κ2) is 7.76. The topological polar surface area (TPSA) is 132 Å². The molecule has 0 saturated heterocycles. The molecule has 2 aromatic carbocycles. The molecule has 3 aromatic rings. The van der Waals surface area contributed by atoms with Gasteiger partial charge in [0.2, 0.25) is 5.52 Å². The second-order valence-corrected chi connectivity index (χ2v) is 9.49. The Morgan fingerprint density at radius 2 is 1.54 bits per heavy atom. The third-order valence-electron chi connectivity index (χ3n) is 4.02. The van der Waals surface area contributed by atoms with Crippen molar-refractivity contribution in [2.24, 2.45) is 0 Å². The van der Waals surface area contributed by atoms with Crippen LogP contribution in [0.5, 0.6) is 0 Å². The van der Waals surface area contributed by atoms with Crippen LogP contribution in [0.25, 0.3) is 21.8 Å². The maximum absolute atomic E-state index is 11.4. The quantitative estimate of drug-likeness (QED) is 0.294. The van der Waals surface area contributed by atoms with Gasteiger partial charge >= 0.3 is 44.7 Å². The van der Waals surface area contributed by atoms with E-state index in [9.17, 15) is 28.7 Å². The zero-order valence-corrected chi connectivity index (χ0v) is 18.1. The van der Waals surface area contributed by atoms with E-state index in [-0.39, 0.29) is 35.2 Å². The molecule has 0 fully saturated rings. The van der Waals surface area contributed by atoms with Gasteiger partial charge in [0.1, 0.15) is 0 Å². The van der Waals surface area contributed by atoms with Crippen LogP contribution in [0.4, 0.5) is 5.69 Å². The van der Waals surface area contributed by atoms with E-state index in [4.69, 9.17) is 0 Å². The SMILES string of the molecule is CCn1c2ccccc2c2cc(NC(P(=O)(O)O)P(=O)(O)O)ccc21.[Na+]. The molecule has 3 rings (SSSR count). The summed E-state index contributed by atoms with van der Waals surface area (Å²) in [6, 6.07) is 12.7. The number of hydrogen-bond acceptors (Lipinski definition) is 3. The summed E-state index contributed by atoms with van der Waals surface area (Å²) in [5.41, 5.74) is -0.114. The summed E-state index contributed by atoms with van der Waals surface area (Å²) in [6.45, 7) is 2.75. The normalized spacial score (nSPS) is 12.5. The van der Waals surface area contributed by atoms with Gasteiger partial charge in [0, 0.05) is 34.0 Å². The summed E-state index contributed by atoms with van der Waals surface area (Å²) in [5, 5.41) is 4.09. The van der Waals surface area contributed by atoms with Crippen LogP contribution < -0.4 is 34.9 Å².